The van der Waals surface area contributed by atoms with Crippen molar-refractivity contribution in [3.63, 3.8) is 0 Å². The van der Waals surface area contributed by atoms with E-state index >= 15 is 0 Å². The van der Waals surface area contributed by atoms with Crippen LogP contribution in [0, 0.1) is 11.8 Å². The second-order valence-corrected chi connectivity index (χ2v) is 8.80. The Balaban J connectivity index is 0.000000271. The summed E-state index contributed by atoms with van der Waals surface area (Å²) in [6.45, 7) is 5.11. The van der Waals surface area contributed by atoms with Gasteiger partial charge in [-0.3, -0.25) is 4.90 Å². The van der Waals surface area contributed by atoms with Gasteiger partial charge >= 0.3 is 24.3 Å². The van der Waals surface area contributed by atoms with E-state index in [0.717, 1.165) is 38.6 Å². The highest BCUT2D eigenvalue weighted by molar-refractivity contribution is 7.09. The zero-order chi connectivity index (χ0) is 26.9. The smallest absolute Gasteiger partial charge is 0.475 e. The number of carboxylic acid groups (broad SMARTS) is 2. The Hall–Kier alpha value is -2.91. The summed E-state index contributed by atoms with van der Waals surface area (Å²) in [5.41, 5.74) is 0. The molecule has 0 bridgehead atoms. The molecule has 4 rings (SSSR count). The minimum atomic E-state index is -5.08. The molecule has 8 nitrogen and oxygen atoms in total. The lowest BCUT2D eigenvalue weighted by Crippen LogP contribution is -2.27. The molecule has 0 aliphatic carbocycles. The molecule has 0 spiro atoms. The first-order valence-electron chi connectivity index (χ1n) is 10.4. The number of rotatable bonds is 5. The Morgan fingerprint density at radius 2 is 1.69 bits per heavy atom. The van der Waals surface area contributed by atoms with Gasteiger partial charge < -0.3 is 20.3 Å². The number of halogens is 6. The van der Waals surface area contributed by atoms with Crippen LogP contribution >= 0.6 is 11.3 Å². The predicted molar refractivity (Wildman–Crippen MR) is 116 cm³/mol. The SMILES string of the molecule is O=C(O)C(F)(F)F.O=C(O)C(F)(F)F.c1ccc(NC[C@H]2CO[C@@H]3CN(Cc4cccs4)C[C@H]23)nc1. The summed E-state index contributed by atoms with van der Waals surface area (Å²) in [5.74, 6) is -3.32. The van der Waals surface area contributed by atoms with Crippen molar-refractivity contribution in [1.29, 1.82) is 0 Å². The van der Waals surface area contributed by atoms with Crippen LogP contribution in [-0.2, 0) is 20.9 Å². The van der Waals surface area contributed by atoms with E-state index in [2.05, 4.69) is 32.7 Å². The van der Waals surface area contributed by atoms with E-state index in [9.17, 15) is 26.3 Å². The number of hydrogen-bond donors (Lipinski definition) is 3. The van der Waals surface area contributed by atoms with Crippen LogP contribution in [0.15, 0.2) is 41.9 Å². The number of fused-ring (bicyclic) bond motifs is 1. The number of alkyl halides is 6. The van der Waals surface area contributed by atoms with E-state index in [4.69, 9.17) is 24.5 Å². The summed E-state index contributed by atoms with van der Waals surface area (Å²) < 4.78 is 69.5. The van der Waals surface area contributed by atoms with E-state index in [1.54, 1.807) is 0 Å². The third-order valence-corrected chi connectivity index (χ3v) is 6.03. The number of likely N-dealkylation sites (tertiary alicyclic amines) is 1. The van der Waals surface area contributed by atoms with Gasteiger partial charge in [0.2, 0.25) is 0 Å². The number of aromatic nitrogens is 1. The molecule has 0 radical (unpaired) electrons. The number of carboxylic acids is 2. The Morgan fingerprint density at radius 3 is 2.19 bits per heavy atom. The number of thiophene rings is 1. The topological polar surface area (TPSA) is 112 Å². The zero-order valence-corrected chi connectivity index (χ0v) is 19.3. The number of ether oxygens (including phenoxy) is 1. The summed E-state index contributed by atoms with van der Waals surface area (Å²) in [4.78, 5) is 26.1. The lowest BCUT2D eigenvalue weighted by molar-refractivity contribution is -0.193. The van der Waals surface area contributed by atoms with Crippen LogP contribution in [0.3, 0.4) is 0 Å². The molecule has 0 saturated carbocycles. The van der Waals surface area contributed by atoms with Crippen LogP contribution in [0.4, 0.5) is 32.2 Å². The number of nitrogens with zero attached hydrogens (tertiary/aromatic N) is 2. The highest BCUT2D eigenvalue weighted by Crippen LogP contribution is 2.34. The van der Waals surface area contributed by atoms with Gasteiger partial charge in [0, 0.05) is 49.1 Å². The van der Waals surface area contributed by atoms with Crippen LogP contribution in [0.2, 0.25) is 0 Å². The van der Waals surface area contributed by atoms with Crippen LogP contribution < -0.4 is 5.32 Å². The fourth-order valence-corrected chi connectivity index (χ4v) is 4.29. The molecule has 4 heterocycles. The van der Waals surface area contributed by atoms with Gasteiger partial charge in [-0.25, -0.2) is 14.6 Å². The van der Waals surface area contributed by atoms with E-state index in [1.165, 1.54) is 4.88 Å². The molecule has 2 aromatic rings. The number of carbonyl (C=O) groups is 2. The maximum atomic E-state index is 10.6. The zero-order valence-electron chi connectivity index (χ0n) is 18.5. The van der Waals surface area contributed by atoms with Crippen LogP contribution in [0.1, 0.15) is 4.88 Å². The van der Waals surface area contributed by atoms with Crippen molar-refractivity contribution in [3.8, 4) is 0 Å². The highest BCUT2D eigenvalue weighted by Gasteiger charge is 2.43. The van der Waals surface area contributed by atoms with Gasteiger partial charge in [-0.1, -0.05) is 12.1 Å². The standard InChI is InChI=1S/C17H21N3OS.2C2HF3O2/c1-2-6-18-17(5-1)19-8-13-12-21-16-11-20(10-15(13)16)9-14-4-3-7-22-14;2*3-2(4,5)1(6)7/h1-7,13,15-16H,8-12H2,(H,18,19);2*(H,6,7)/t13-,15+,16+;;/m0../s1. The maximum absolute atomic E-state index is 10.6. The molecule has 0 amide bonds. The average Bonchev–Trinajstić information content (AvgIpc) is 3.51. The van der Waals surface area contributed by atoms with Crippen molar-refractivity contribution < 1.29 is 50.9 Å². The first-order valence-corrected chi connectivity index (χ1v) is 11.3. The Kier molecular flexibility index (Phi) is 10.5. The number of nitrogens with one attached hydrogen (secondary N) is 1. The summed E-state index contributed by atoms with van der Waals surface area (Å²) in [5, 5.41) is 19.9. The molecule has 3 N–H and O–H groups in total. The van der Waals surface area contributed by atoms with Crippen molar-refractivity contribution in [2.75, 3.05) is 31.6 Å². The Bertz CT molecular complexity index is 935. The van der Waals surface area contributed by atoms with Gasteiger partial charge in [-0.2, -0.15) is 26.3 Å². The van der Waals surface area contributed by atoms with E-state index in [0.29, 0.717) is 17.9 Å². The number of pyridine rings is 1. The second-order valence-electron chi connectivity index (χ2n) is 7.77. The fourth-order valence-electron chi connectivity index (χ4n) is 3.55. The van der Waals surface area contributed by atoms with Gasteiger partial charge in [0.25, 0.3) is 0 Å². The monoisotopic (exact) mass is 543 g/mol. The van der Waals surface area contributed by atoms with Gasteiger partial charge in [-0.15, -0.1) is 11.3 Å². The third-order valence-electron chi connectivity index (χ3n) is 5.17. The van der Waals surface area contributed by atoms with Crippen molar-refractivity contribution in [3.05, 3.63) is 46.8 Å². The minimum Gasteiger partial charge on any atom is -0.475 e. The van der Waals surface area contributed by atoms with Crippen molar-refractivity contribution in [1.82, 2.24) is 9.88 Å². The molecular weight excluding hydrogens is 520 g/mol. The molecule has 3 atom stereocenters. The highest BCUT2D eigenvalue weighted by atomic mass is 32.1. The van der Waals surface area contributed by atoms with E-state index in [1.807, 2.05) is 35.7 Å². The summed E-state index contributed by atoms with van der Waals surface area (Å²) in [6.07, 6.45) is -7.93. The maximum Gasteiger partial charge on any atom is 0.490 e. The van der Waals surface area contributed by atoms with Gasteiger partial charge in [0.1, 0.15) is 5.82 Å². The van der Waals surface area contributed by atoms with Crippen molar-refractivity contribution in [2.24, 2.45) is 11.8 Å². The lowest BCUT2D eigenvalue weighted by Gasteiger charge is -2.19. The number of aliphatic carboxylic acids is 2. The first-order chi connectivity index (χ1) is 16.8. The van der Waals surface area contributed by atoms with Crippen LogP contribution in [-0.4, -0.2) is 76.7 Å². The number of anilines is 1. The summed E-state index contributed by atoms with van der Waals surface area (Å²) >= 11 is 1.84. The van der Waals surface area contributed by atoms with Crippen LogP contribution in [0.5, 0.6) is 0 Å². The molecule has 2 fully saturated rings. The van der Waals surface area contributed by atoms with Crippen molar-refractivity contribution >= 4 is 29.1 Å². The molecule has 36 heavy (non-hydrogen) atoms. The first kappa shape index (κ1) is 29.3. The Labute approximate surface area is 205 Å². The molecule has 15 heteroatoms. The van der Waals surface area contributed by atoms with Gasteiger partial charge in [-0.05, 0) is 23.6 Å². The fraction of sp³-hybridized carbons (Fsp3) is 0.476. The van der Waals surface area contributed by atoms with Gasteiger partial charge in [0.15, 0.2) is 0 Å². The molecule has 2 aliphatic heterocycles. The normalized spacial score (nSPS) is 21.4. The molecule has 200 valence electrons. The third kappa shape index (κ3) is 9.62. The van der Waals surface area contributed by atoms with Crippen LogP contribution in [0.25, 0.3) is 0 Å². The molecule has 0 unspecified atom stereocenters. The molecular formula is C21H23F6N3O5S. The van der Waals surface area contributed by atoms with E-state index < -0.39 is 24.3 Å². The quantitative estimate of drug-likeness (QED) is 0.486. The molecule has 2 aliphatic rings. The second kappa shape index (κ2) is 12.9. The average molecular weight is 543 g/mol. The van der Waals surface area contributed by atoms with Crippen molar-refractivity contribution in [2.45, 2.75) is 25.0 Å². The minimum absolute atomic E-state index is 0.412. The molecule has 2 saturated heterocycles. The largest absolute Gasteiger partial charge is 0.490 e. The summed E-state index contributed by atoms with van der Waals surface area (Å²) in [6, 6.07) is 10.3. The predicted octanol–water partition coefficient (Wildman–Crippen LogP) is 3.97. The molecule has 2 aromatic heterocycles. The summed E-state index contributed by atoms with van der Waals surface area (Å²) in [7, 11) is 0. The number of hydrogen-bond acceptors (Lipinski definition) is 7. The van der Waals surface area contributed by atoms with E-state index in [-0.39, 0.29) is 0 Å². The van der Waals surface area contributed by atoms with Gasteiger partial charge in [0.05, 0.1) is 12.7 Å². The lowest BCUT2D eigenvalue weighted by atomic mass is 9.93. The molecule has 0 aromatic carbocycles. The Morgan fingerprint density at radius 1 is 1.06 bits per heavy atom.